The summed E-state index contributed by atoms with van der Waals surface area (Å²) < 4.78 is 40.9. The van der Waals surface area contributed by atoms with Crippen LogP contribution in [-0.2, 0) is 9.53 Å². The minimum absolute atomic E-state index is 0.151. The third-order valence-electron chi connectivity index (χ3n) is 3.42. The number of hydrogen-bond acceptors (Lipinski definition) is 5. The van der Waals surface area contributed by atoms with Gasteiger partial charge in [0.15, 0.2) is 5.15 Å². The van der Waals surface area contributed by atoms with Gasteiger partial charge in [0.25, 0.3) is 0 Å². The quantitative estimate of drug-likeness (QED) is 0.573. The van der Waals surface area contributed by atoms with E-state index in [1.165, 1.54) is 21.3 Å². The molecule has 0 aromatic carbocycles. The predicted octanol–water partition coefficient (Wildman–Crippen LogP) is 3.93. The molecule has 0 atom stereocenters. The van der Waals surface area contributed by atoms with E-state index in [0.29, 0.717) is 23.7 Å². The Hall–Kier alpha value is -1.78. The lowest BCUT2D eigenvalue weighted by Gasteiger charge is -2.19. The van der Waals surface area contributed by atoms with Crippen molar-refractivity contribution in [3.63, 3.8) is 0 Å². The van der Waals surface area contributed by atoms with Crippen molar-refractivity contribution in [2.24, 2.45) is 0 Å². The summed E-state index contributed by atoms with van der Waals surface area (Å²) in [6, 6.07) is 3.56. The highest BCUT2D eigenvalue weighted by Gasteiger charge is 2.28. The summed E-state index contributed by atoms with van der Waals surface area (Å²) in [5, 5.41) is 4.38. The first-order valence-corrected chi connectivity index (χ1v) is 9.59. The van der Waals surface area contributed by atoms with E-state index < -0.39 is 13.0 Å². The number of hydrogen-bond donors (Lipinski definition) is 0. The van der Waals surface area contributed by atoms with E-state index in [1.54, 1.807) is 37.6 Å². The number of nitrogens with zero attached hydrogens (tertiary/aromatic N) is 4. The Morgan fingerprint density at radius 3 is 2.81 bits per heavy atom. The van der Waals surface area contributed by atoms with Crippen LogP contribution in [0.25, 0.3) is 5.69 Å². The Morgan fingerprint density at radius 1 is 1.41 bits per heavy atom. The molecule has 11 heteroatoms. The van der Waals surface area contributed by atoms with Gasteiger partial charge in [-0.05, 0) is 19.1 Å². The lowest BCUT2D eigenvalue weighted by atomic mass is 10.3. The van der Waals surface area contributed by atoms with Crippen molar-refractivity contribution in [1.29, 1.82) is 0 Å². The van der Waals surface area contributed by atoms with Gasteiger partial charge in [-0.1, -0.05) is 11.6 Å². The first-order valence-electron chi connectivity index (χ1n) is 8.06. The molecule has 0 radical (unpaired) electrons. The van der Waals surface area contributed by atoms with Gasteiger partial charge in [0, 0.05) is 30.7 Å². The lowest BCUT2D eigenvalue weighted by Crippen LogP contribution is -2.30. The zero-order valence-electron chi connectivity index (χ0n) is 14.4. The van der Waals surface area contributed by atoms with E-state index in [9.17, 15) is 18.0 Å². The molecule has 2 aromatic heterocycles. The first kappa shape index (κ1) is 21.5. The third kappa shape index (κ3) is 6.71. The second-order valence-corrected chi connectivity index (χ2v) is 6.84. The Balaban J connectivity index is 1.90. The standard InChI is InChI=1S/C16H18ClF3N4O2S/c1-2-23(14(25)5-8-27-9-7-26-16(18,19)20)13-11-24(22-15(13)17)12-4-3-6-21-10-12/h3-4,6,10-11H,2,5,7-9H2,1H3. The Morgan fingerprint density at radius 2 is 2.19 bits per heavy atom. The molecule has 0 aliphatic rings. The number of thioether (sulfide) groups is 1. The highest BCUT2D eigenvalue weighted by molar-refractivity contribution is 7.99. The van der Waals surface area contributed by atoms with Gasteiger partial charge >= 0.3 is 6.36 Å². The number of amides is 1. The van der Waals surface area contributed by atoms with Crippen molar-refractivity contribution in [1.82, 2.24) is 14.8 Å². The molecule has 0 unspecified atom stereocenters. The fraction of sp³-hybridized carbons (Fsp3) is 0.438. The van der Waals surface area contributed by atoms with Gasteiger partial charge in [0.1, 0.15) is 5.69 Å². The number of pyridine rings is 1. The second-order valence-electron chi connectivity index (χ2n) is 5.26. The minimum atomic E-state index is -4.62. The maximum Gasteiger partial charge on any atom is 0.522 e. The van der Waals surface area contributed by atoms with Crippen LogP contribution in [0.2, 0.25) is 5.15 Å². The Kier molecular flexibility index (Phi) is 7.93. The molecule has 0 saturated heterocycles. The van der Waals surface area contributed by atoms with E-state index in [2.05, 4.69) is 14.8 Å². The van der Waals surface area contributed by atoms with Gasteiger partial charge in [0.05, 0.1) is 24.7 Å². The molecule has 0 bridgehead atoms. The van der Waals surface area contributed by atoms with Crippen molar-refractivity contribution in [2.45, 2.75) is 19.7 Å². The topological polar surface area (TPSA) is 60.2 Å². The van der Waals surface area contributed by atoms with Crippen molar-refractivity contribution < 1.29 is 22.7 Å². The molecule has 2 rings (SSSR count). The van der Waals surface area contributed by atoms with Gasteiger partial charge < -0.3 is 4.90 Å². The van der Waals surface area contributed by atoms with Crippen LogP contribution >= 0.6 is 23.4 Å². The molecule has 2 heterocycles. The van der Waals surface area contributed by atoms with Crippen LogP contribution in [0.1, 0.15) is 13.3 Å². The van der Waals surface area contributed by atoms with Crippen molar-refractivity contribution >= 4 is 35.0 Å². The molecule has 0 fully saturated rings. The van der Waals surface area contributed by atoms with E-state index in [0.717, 1.165) is 0 Å². The van der Waals surface area contributed by atoms with Gasteiger partial charge in [-0.3, -0.25) is 14.5 Å². The number of anilines is 1. The largest absolute Gasteiger partial charge is 0.522 e. The summed E-state index contributed by atoms with van der Waals surface area (Å²) >= 11 is 7.40. The van der Waals surface area contributed by atoms with Gasteiger partial charge in [0.2, 0.25) is 5.91 Å². The van der Waals surface area contributed by atoms with Crippen LogP contribution in [-0.4, -0.2) is 51.7 Å². The number of carbonyl (C=O) groups excluding carboxylic acids is 1. The van der Waals surface area contributed by atoms with E-state index in [4.69, 9.17) is 11.6 Å². The maximum atomic E-state index is 12.5. The molecule has 0 aliphatic heterocycles. The molecule has 0 saturated carbocycles. The molecule has 2 aromatic rings. The molecule has 1 amide bonds. The van der Waals surface area contributed by atoms with Crippen LogP contribution in [0, 0.1) is 0 Å². The van der Waals surface area contributed by atoms with Crippen LogP contribution in [0.3, 0.4) is 0 Å². The Labute approximate surface area is 163 Å². The van der Waals surface area contributed by atoms with Gasteiger partial charge in [-0.25, -0.2) is 4.68 Å². The maximum absolute atomic E-state index is 12.5. The van der Waals surface area contributed by atoms with Crippen LogP contribution in [0.15, 0.2) is 30.7 Å². The minimum Gasteiger partial charge on any atom is -0.308 e. The smallest absolute Gasteiger partial charge is 0.308 e. The zero-order chi connectivity index (χ0) is 19.9. The number of halogens is 4. The highest BCUT2D eigenvalue weighted by atomic mass is 35.5. The van der Waals surface area contributed by atoms with E-state index in [1.807, 2.05) is 0 Å². The highest BCUT2D eigenvalue weighted by Crippen LogP contribution is 2.26. The monoisotopic (exact) mass is 422 g/mol. The van der Waals surface area contributed by atoms with Crippen molar-refractivity contribution in [3.8, 4) is 5.69 Å². The average Bonchev–Trinajstić information content (AvgIpc) is 3.00. The first-order chi connectivity index (χ1) is 12.8. The van der Waals surface area contributed by atoms with Crippen molar-refractivity contribution in [3.05, 3.63) is 35.9 Å². The number of rotatable bonds is 9. The van der Waals surface area contributed by atoms with Crippen molar-refractivity contribution in [2.75, 3.05) is 29.6 Å². The van der Waals surface area contributed by atoms with E-state index >= 15 is 0 Å². The summed E-state index contributed by atoms with van der Waals surface area (Å²) in [7, 11) is 0. The van der Waals surface area contributed by atoms with Gasteiger partial charge in [-0.2, -0.15) is 16.9 Å². The molecule has 0 N–H and O–H groups in total. The Bertz CT molecular complexity index is 743. The summed E-state index contributed by atoms with van der Waals surface area (Å²) in [5.74, 6) is 0.346. The summed E-state index contributed by atoms with van der Waals surface area (Å²) in [5.41, 5.74) is 1.17. The number of alkyl halides is 3. The van der Waals surface area contributed by atoms with E-state index in [-0.39, 0.29) is 23.2 Å². The fourth-order valence-corrected chi connectivity index (χ4v) is 3.20. The summed E-state index contributed by atoms with van der Waals surface area (Å²) in [6.45, 7) is 1.75. The molecule has 27 heavy (non-hydrogen) atoms. The molecular weight excluding hydrogens is 405 g/mol. The molecular formula is C16H18ClF3N4O2S. The van der Waals surface area contributed by atoms with Crippen LogP contribution in [0.5, 0.6) is 0 Å². The normalized spacial score (nSPS) is 11.6. The second kappa shape index (κ2) is 9.95. The predicted molar refractivity (Wildman–Crippen MR) is 98.3 cm³/mol. The SMILES string of the molecule is CCN(C(=O)CCSCCOC(F)(F)F)c1cn(-c2cccnc2)nc1Cl. The average molecular weight is 423 g/mol. The van der Waals surface area contributed by atoms with Crippen LogP contribution < -0.4 is 4.90 Å². The number of aromatic nitrogens is 3. The molecule has 0 spiro atoms. The zero-order valence-corrected chi connectivity index (χ0v) is 16.0. The third-order valence-corrected chi connectivity index (χ3v) is 4.64. The number of carbonyl (C=O) groups is 1. The molecule has 148 valence electrons. The molecule has 6 nitrogen and oxygen atoms in total. The van der Waals surface area contributed by atoms with Gasteiger partial charge in [-0.15, -0.1) is 13.2 Å². The molecule has 0 aliphatic carbocycles. The fourth-order valence-electron chi connectivity index (χ4n) is 2.24. The summed E-state index contributed by atoms with van der Waals surface area (Å²) in [6.07, 6.45) is 0.435. The van der Waals surface area contributed by atoms with Crippen LogP contribution in [0.4, 0.5) is 18.9 Å². The lowest BCUT2D eigenvalue weighted by molar-refractivity contribution is -0.322. The summed E-state index contributed by atoms with van der Waals surface area (Å²) in [4.78, 5) is 18.0. The number of ether oxygens (including phenoxy) is 1.